The molecule has 0 saturated heterocycles. The van der Waals surface area contributed by atoms with E-state index in [1.807, 2.05) is 0 Å². The lowest BCUT2D eigenvalue weighted by Gasteiger charge is -2.62. The van der Waals surface area contributed by atoms with Crippen LogP contribution in [0.1, 0.15) is 105 Å². The van der Waals surface area contributed by atoms with E-state index in [2.05, 4.69) is 26.1 Å². The number of rotatable bonds is 7. The fraction of sp³-hybridized carbons (Fsp3) is 0.964. The molecule has 0 aromatic heterocycles. The van der Waals surface area contributed by atoms with Crippen molar-refractivity contribution in [3.8, 4) is 0 Å². The summed E-state index contributed by atoms with van der Waals surface area (Å²) in [5.74, 6) is 5.55. The minimum Gasteiger partial charge on any atom is -0.450 e. The van der Waals surface area contributed by atoms with Crippen molar-refractivity contribution in [1.82, 2.24) is 5.32 Å². The molecule has 0 bridgehead atoms. The van der Waals surface area contributed by atoms with E-state index in [9.17, 15) is 4.79 Å². The van der Waals surface area contributed by atoms with Crippen LogP contribution in [0.3, 0.4) is 0 Å². The van der Waals surface area contributed by atoms with Crippen LogP contribution in [0.4, 0.5) is 4.79 Å². The van der Waals surface area contributed by atoms with E-state index in [0.717, 1.165) is 41.9 Å². The quantitative estimate of drug-likeness (QED) is 0.435. The van der Waals surface area contributed by atoms with Gasteiger partial charge in [0.15, 0.2) is 0 Å². The molecule has 0 aromatic carbocycles. The highest BCUT2D eigenvalue weighted by Gasteiger charge is 2.60. The van der Waals surface area contributed by atoms with Crippen LogP contribution in [-0.4, -0.2) is 30.5 Å². The van der Waals surface area contributed by atoms with Gasteiger partial charge < -0.3 is 15.2 Å². The lowest BCUT2D eigenvalue weighted by Crippen LogP contribution is -2.55. The summed E-state index contributed by atoms with van der Waals surface area (Å²) in [6.45, 7) is 9.99. The zero-order valence-electron chi connectivity index (χ0n) is 21.2. The lowest BCUT2D eigenvalue weighted by molar-refractivity contribution is -0.135. The number of ether oxygens (including phenoxy) is 1. The van der Waals surface area contributed by atoms with Gasteiger partial charge >= 0.3 is 6.09 Å². The van der Waals surface area contributed by atoms with Crippen molar-refractivity contribution in [3.63, 3.8) is 0 Å². The number of amides is 1. The van der Waals surface area contributed by atoms with Gasteiger partial charge in [0, 0.05) is 0 Å². The Morgan fingerprint density at radius 3 is 2.59 bits per heavy atom. The van der Waals surface area contributed by atoms with Gasteiger partial charge in [0.1, 0.15) is 0 Å². The second-order valence-electron chi connectivity index (χ2n) is 12.5. The highest BCUT2D eigenvalue weighted by Crippen LogP contribution is 2.69. The smallest absolute Gasteiger partial charge is 0.407 e. The fourth-order valence-corrected chi connectivity index (χ4v) is 9.39. The molecule has 0 heterocycles. The van der Waals surface area contributed by atoms with Crippen LogP contribution in [0.25, 0.3) is 0 Å². The minimum atomic E-state index is -0.398. The molecule has 4 saturated carbocycles. The van der Waals surface area contributed by atoms with Crippen LogP contribution in [0.5, 0.6) is 0 Å². The summed E-state index contributed by atoms with van der Waals surface area (Å²) in [4.78, 5) is 11.8. The predicted octanol–water partition coefficient (Wildman–Crippen LogP) is 6.56. The van der Waals surface area contributed by atoms with Crippen molar-refractivity contribution in [3.05, 3.63) is 0 Å². The van der Waals surface area contributed by atoms with Gasteiger partial charge in [0.25, 0.3) is 0 Å². The number of fused-ring (bicyclic) bond motifs is 5. The molecule has 4 heteroatoms. The molecular weight excluding hydrogens is 398 g/mol. The summed E-state index contributed by atoms with van der Waals surface area (Å²) in [6, 6.07) is -0.250. The molecular formula is C28H49NO3. The summed E-state index contributed by atoms with van der Waals surface area (Å²) < 4.78 is 5.37. The Morgan fingerprint density at radius 2 is 1.84 bits per heavy atom. The minimum absolute atomic E-state index is 0.0578. The van der Waals surface area contributed by atoms with Crippen LogP contribution >= 0.6 is 0 Å². The van der Waals surface area contributed by atoms with Gasteiger partial charge in [-0.2, -0.15) is 0 Å². The van der Waals surface area contributed by atoms with Crippen LogP contribution < -0.4 is 5.32 Å². The maximum atomic E-state index is 11.8. The fourth-order valence-electron chi connectivity index (χ4n) is 9.39. The number of carbonyl (C=O) groups excluding carboxylic acids is 1. The molecule has 0 aliphatic heterocycles. The standard InChI is InChI=1S/C28H49NO3/c1-5-20-17-22-24-12-11-21(9-8-16-32-26(31)29-19(2)18-30)27(24,3)15-13-25(22)28(4)14-7-6-10-23(20)28/h19-25,30H,5-18H2,1-4H3,(H,29,31)/t19?,20-,21?,22?,23?,24?,25-,27?,28?/m0/s1. The Labute approximate surface area is 196 Å². The lowest BCUT2D eigenvalue weighted by atomic mass is 9.42. The van der Waals surface area contributed by atoms with Crippen molar-refractivity contribution in [1.29, 1.82) is 0 Å². The number of aliphatic hydroxyl groups is 1. The zero-order chi connectivity index (χ0) is 22.9. The third-order valence-corrected chi connectivity index (χ3v) is 11.0. The maximum Gasteiger partial charge on any atom is 0.407 e. The summed E-state index contributed by atoms with van der Waals surface area (Å²) in [6.07, 6.45) is 16.2. The number of aliphatic hydroxyl groups excluding tert-OH is 1. The molecule has 4 nitrogen and oxygen atoms in total. The average Bonchev–Trinajstić information content (AvgIpc) is 3.12. The van der Waals surface area contributed by atoms with Crippen molar-refractivity contribution in [2.75, 3.05) is 13.2 Å². The van der Waals surface area contributed by atoms with Crippen molar-refractivity contribution in [2.45, 2.75) is 111 Å². The zero-order valence-corrected chi connectivity index (χ0v) is 21.2. The van der Waals surface area contributed by atoms with E-state index in [-0.39, 0.29) is 12.6 Å². The molecule has 4 aliphatic rings. The summed E-state index contributed by atoms with van der Waals surface area (Å²) in [5.41, 5.74) is 1.10. The number of alkyl carbamates (subject to hydrolysis) is 1. The summed E-state index contributed by atoms with van der Waals surface area (Å²) >= 11 is 0. The van der Waals surface area contributed by atoms with Gasteiger partial charge in [0.2, 0.25) is 0 Å². The SMILES string of the molecule is CC[C@H]1CC2C3CCC(CCCOC(=O)NC(C)CO)C3(C)CC[C@@H]2C2(C)CCCCC12. The molecule has 0 aromatic rings. The predicted molar refractivity (Wildman–Crippen MR) is 129 cm³/mol. The van der Waals surface area contributed by atoms with Crippen LogP contribution in [0.2, 0.25) is 0 Å². The molecule has 7 unspecified atom stereocenters. The van der Waals surface area contributed by atoms with E-state index in [1.54, 1.807) is 6.92 Å². The summed E-state index contributed by atoms with van der Waals surface area (Å²) in [7, 11) is 0. The van der Waals surface area contributed by atoms with Gasteiger partial charge in [-0.1, -0.05) is 40.0 Å². The second kappa shape index (κ2) is 9.84. The van der Waals surface area contributed by atoms with Crippen LogP contribution in [0, 0.1) is 46.3 Å². The van der Waals surface area contributed by atoms with Gasteiger partial charge in [-0.25, -0.2) is 4.79 Å². The molecule has 4 aliphatic carbocycles. The number of hydrogen-bond acceptors (Lipinski definition) is 3. The first-order chi connectivity index (χ1) is 15.3. The largest absolute Gasteiger partial charge is 0.450 e. The normalized spacial score (nSPS) is 44.2. The van der Waals surface area contributed by atoms with E-state index < -0.39 is 6.09 Å². The second-order valence-corrected chi connectivity index (χ2v) is 12.5. The molecule has 4 rings (SSSR count). The van der Waals surface area contributed by atoms with E-state index in [0.29, 0.717) is 17.4 Å². The Balaban J connectivity index is 1.36. The highest BCUT2D eigenvalue weighted by molar-refractivity contribution is 5.67. The Morgan fingerprint density at radius 1 is 1.06 bits per heavy atom. The third-order valence-electron chi connectivity index (χ3n) is 11.0. The molecule has 2 N–H and O–H groups in total. The monoisotopic (exact) mass is 447 g/mol. The van der Waals surface area contributed by atoms with Gasteiger partial charge in [-0.05, 0) is 111 Å². The van der Waals surface area contributed by atoms with Crippen LogP contribution in [-0.2, 0) is 4.74 Å². The first-order valence-corrected chi connectivity index (χ1v) is 13.9. The first kappa shape index (κ1) is 24.4. The molecule has 32 heavy (non-hydrogen) atoms. The average molecular weight is 448 g/mol. The molecule has 0 radical (unpaired) electrons. The van der Waals surface area contributed by atoms with Crippen molar-refractivity contribution >= 4 is 6.09 Å². The van der Waals surface area contributed by atoms with E-state index >= 15 is 0 Å². The maximum absolute atomic E-state index is 11.8. The topological polar surface area (TPSA) is 58.6 Å². The van der Waals surface area contributed by atoms with E-state index in [1.165, 1.54) is 70.6 Å². The molecule has 1 amide bonds. The Hall–Kier alpha value is -0.770. The van der Waals surface area contributed by atoms with Gasteiger partial charge in [-0.15, -0.1) is 0 Å². The first-order valence-electron chi connectivity index (χ1n) is 13.9. The van der Waals surface area contributed by atoms with Crippen LogP contribution in [0.15, 0.2) is 0 Å². The van der Waals surface area contributed by atoms with Gasteiger partial charge in [0.05, 0.1) is 19.3 Å². The van der Waals surface area contributed by atoms with Crippen molar-refractivity contribution in [2.24, 2.45) is 46.3 Å². The number of nitrogens with one attached hydrogen (secondary N) is 1. The summed E-state index contributed by atoms with van der Waals surface area (Å²) in [5, 5.41) is 11.7. The Bertz CT molecular complexity index is 653. The molecule has 9 atom stereocenters. The highest BCUT2D eigenvalue weighted by atomic mass is 16.5. The number of carbonyl (C=O) groups is 1. The van der Waals surface area contributed by atoms with Gasteiger partial charge in [-0.3, -0.25) is 0 Å². The van der Waals surface area contributed by atoms with Crippen molar-refractivity contribution < 1.29 is 14.6 Å². The molecule has 0 spiro atoms. The Kier molecular flexibility index (Phi) is 7.49. The number of hydrogen-bond donors (Lipinski definition) is 2. The molecule has 4 fully saturated rings. The molecule has 184 valence electrons. The van der Waals surface area contributed by atoms with E-state index in [4.69, 9.17) is 9.84 Å². The third kappa shape index (κ3) is 4.34.